The molecular formula is C17H38N2. The van der Waals surface area contributed by atoms with E-state index in [1.807, 2.05) is 0 Å². The first kappa shape index (κ1) is 18.9. The Morgan fingerprint density at radius 1 is 1.00 bits per heavy atom. The van der Waals surface area contributed by atoms with Gasteiger partial charge in [0.2, 0.25) is 0 Å². The van der Waals surface area contributed by atoms with Crippen LogP contribution in [0.4, 0.5) is 0 Å². The second-order valence-corrected chi connectivity index (χ2v) is 7.32. The molecule has 0 saturated heterocycles. The molecule has 2 nitrogen and oxygen atoms in total. The van der Waals surface area contributed by atoms with Crippen LogP contribution >= 0.6 is 0 Å². The molecule has 1 N–H and O–H groups in total. The normalized spacial score (nSPS) is 15.5. The lowest BCUT2D eigenvalue weighted by Crippen LogP contribution is -2.44. The van der Waals surface area contributed by atoms with Gasteiger partial charge in [0.1, 0.15) is 0 Å². The topological polar surface area (TPSA) is 15.3 Å². The second-order valence-electron chi connectivity index (χ2n) is 7.32. The molecule has 0 radical (unpaired) electrons. The minimum Gasteiger partial charge on any atom is -0.316 e. The number of hydrogen-bond donors (Lipinski definition) is 1. The molecule has 0 aliphatic carbocycles. The zero-order valence-corrected chi connectivity index (χ0v) is 14.6. The van der Waals surface area contributed by atoms with Crippen LogP contribution in [0.2, 0.25) is 0 Å². The summed E-state index contributed by atoms with van der Waals surface area (Å²) >= 11 is 0. The maximum absolute atomic E-state index is 3.56. The molecule has 19 heavy (non-hydrogen) atoms. The smallest absolute Gasteiger partial charge is 0.00477 e. The van der Waals surface area contributed by atoms with Crippen molar-refractivity contribution < 1.29 is 0 Å². The van der Waals surface area contributed by atoms with Crippen LogP contribution in [0, 0.1) is 17.3 Å². The summed E-state index contributed by atoms with van der Waals surface area (Å²) in [7, 11) is 0. The third kappa shape index (κ3) is 9.45. The zero-order chi connectivity index (χ0) is 14.9. The van der Waals surface area contributed by atoms with E-state index in [1.165, 1.54) is 32.5 Å². The molecule has 0 amide bonds. The number of rotatable bonds is 11. The summed E-state index contributed by atoms with van der Waals surface area (Å²) in [5.41, 5.74) is 0.411. The standard InChI is InChI=1S/C17H38N2/c1-8-10-17(7,13-18-9-2)14-19(11-15(3)4)12-16(5)6/h15-16,18H,8-14H2,1-7H3. The molecular weight excluding hydrogens is 232 g/mol. The maximum atomic E-state index is 3.56. The molecule has 2 heteroatoms. The largest absolute Gasteiger partial charge is 0.316 e. The van der Waals surface area contributed by atoms with Gasteiger partial charge in [0, 0.05) is 26.2 Å². The highest BCUT2D eigenvalue weighted by atomic mass is 15.1. The van der Waals surface area contributed by atoms with Crippen LogP contribution in [0.5, 0.6) is 0 Å². The first-order chi connectivity index (χ1) is 8.83. The van der Waals surface area contributed by atoms with Gasteiger partial charge in [-0.1, -0.05) is 54.9 Å². The fourth-order valence-corrected chi connectivity index (χ4v) is 3.03. The van der Waals surface area contributed by atoms with Crippen LogP contribution in [-0.4, -0.2) is 37.6 Å². The number of nitrogens with zero attached hydrogens (tertiary/aromatic N) is 1. The Bertz CT molecular complexity index is 203. The first-order valence-electron chi connectivity index (χ1n) is 8.26. The molecule has 0 fully saturated rings. The molecule has 116 valence electrons. The van der Waals surface area contributed by atoms with Crippen molar-refractivity contribution in [2.24, 2.45) is 17.3 Å². The first-order valence-corrected chi connectivity index (χ1v) is 8.26. The zero-order valence-electron chi connectivity index (χ0n) is 14.6. The van der Waals surface area contributed by atoms with Crippen molar-refractivity contribution in [2.75, 3.05) is 32.7 Å². The van der Waals surface area contributed by atoms with Gasteiger partial charge in [0.25, 0.3) is 0 Å². The molecule has 0 aromatic carbocycles. The van der Waals surface area contributed by atoms with Gasteiger partial charge < -0.3 is 10.2 Å². The summed E-state index contributed by atoms with van der Waals surface area (Å²) in [5, 5.41) is 3.56. The summed E-state index contributed by atoms with van der Waals surface area (Å²) in [4.78, 5) is 2.68. The lowest BCUT2D eigenvalue weighted by atomic mass is 9.84. The minimum atomic E-state index is 0.411. The highest BCUT2D eigenvalue weighted by molar-refractivity contribution is 4.81. The highest BCUT2D eigenvalue weighted by Crippen LogP contribution is 2.25. The van der Waals surface area contributed by atoms with E-state index in [0.717, 1.165) is 24.9 Å². The third-order valence-corrected chi connectivity index (χ3v) is 3.51. The molecule has 0 bridgehead atoms. The SMILES string of the molecule is CCCC(C)(CNCC)CN(CC(C)C)CC(C)C. The molecule has 0 aliphatic heterocycles. The van der Waals surface area contributed by atoms with Crippen molar-refractivity contribution >= 4 is 0 Å². The van der Waals surface area contributed by atoms with Crippen LogP contribution in [0.25, 0.3) is 0 Å². The predicted molar refractivity (Wildman–Crippen MR) is 87.7 cm³/mol. The molecule has 0 rings (SSSR count). The summed E-state index contributed by atoms with van der Waals surface area (Å²) < 4.78 is 0. The molecule has 0 aromatic rings. The highest BCUT2D eigenvalue weighted by Gasteiger charge is 2.26. The summed E-state index contributed by atoms with van der Waals surface area (Å²) in [6.45, 7) is 22.2. The van der Waals surface area contributed by atoms with Crippen molar-refractivity contribution in [1.29, 1.82) is 0 Å². The molecule has 1 unspecified atom stereocenters. The van der Waals surface area contributed by atoms with E-state index < -0.39 is 0 Å². The quantitative estimate of drug-likeness (QED) is 0.610. The predicted octanol–water partition coefficient (Wildman–Crippen LogP) is 4.02. The van der Waals surface area contributed by atoms with E-state index in [1.54, 1.807) is 0 Å². The monoisotopic (exact) mass is 270 g/mol. The molecule has 0 aromatic heterocycles. The molecule has 0 saturated carbocycles. The van der Waals surface area contributed by atoms with Gasteiger partial charge >= 0.3 is 0 Å². The van der Waals surface area contributed by atoms with E-state index in [0.29, 0.717) is 5.41 Å². The van der Waals surface area contributed by atoms with Crippen molar-refractivity contribution in [3.05, 3.63) is 0 Å². The fourth-order valence-electron chi connectivity index (χ4n) is 3.03. The Labute approximate surface area is 122 Å². The van der Waals surface area contributed by atoms with Crippen molar-refractivity contribution in [2.45, 2.75) is 61.3 Å². The molecule has 0 aliphatic rings. The molecule has 1 atom stereocenters. The lowest BCUT2D eigenvalue weighted by Gasteiger charge is -2.37. The van der Waals surface area contributed by atoms with Gasteiger partial charge in [-0.15, -0.1) is 0 Å². The molecule has 0 spiro atoms. The Balaban J connectivity index is 4.60. The van der Waals surface area contributed by atoms with E-state index >= 15 is 0 Å². The van der Waals surface area contributed by atoms with E-state index in [9.17, 15) is 0 Å². The van der Waals surface area contributed by atoms with Crippen LogP contribution in [0.1, 0.15) is 61.3 Å². The van der Waals surface area contributed by atoms with Gasteiger partial charge in [0.05, 0.1) is 0 Å². The van der Waals surface area contributed by atoms with Crippen LogP contribution in [0.15, 0.2) is 0 Å². The Kier molecular flexibility index (Phi) is 9.72. The van der Waals surface area contributed by atoms with E-state index in [-0.39, 0.29) is 0 Å². The van der Waals surface area contributed by atoms with Crippen molar-refractivity contribution in [3.8, 4) is 0 Å². The van der Waals surface area contributed by atoms with Gasteiger partial charge in [-0.2, -0.15) is 0 Å². The Morgan fingerprint density at radius 3 is 1.89 bits per heavy atom. The van der Waals surface area contributed by atoms with Gasteiger partial charge in [0.15, 0.2) is 0 Å². The van der Waals surface area contributed by atoms with Crippen molar-refractivity contribution in [1.82, 2.24) is 10.2 Å². The summed E-state index contributed by atoms with van der Waals surface area (Å²) in [5.74, 6) is 1.51. The molecule has 0 heterocycles. The minimum absolute atomic E-state index is 0.411. The van der Waals surface area contributed by atoms with E-state index in [2.05, 4.69) is 58.7 Å². The number of hydrogen-bond acceptors (Lipinski definition) is 2. The van der Waals surface area contributed by atoms with Gasteiger partial charge in [-0.3, -0.25) is 0 Å². The van der Waals surface area contributed by atoms with E-state index in [4.69, 9.17) is 0 Å². The second kappa shape index (κ2) is 9.77. The van der Waals surface area contributed by atoms with Gasteiger partial charge in [-0.05, 0) is 30.2 Å². The Hall–Kier alpha value is -0.0800. The lowest BCUT2D eigenvalue weighted by molar-refractivity contribution is 0.126. The summed E-state index contributed by atoms with van der Waals surface area (Å²) in [6.07, 6.45) is 2.59. The average Bonchev–Trinajstić information content (AvgIpc) is 2.24. The van der Waals surface area contributed by atoms with Crippen molar-refractivity contribution in [3.63, 3.8) is 0 Å². The van der Waals surface area contributed by atoms with Crippen LogP contribution < -0.4 is 5.32 Å². The summed E-state index contributed by atoms with van der Waals surface area (Å²) in [6, 6.07) is 0. The number of nitrogens with one attached hydrogen (secondary N) is 1. The Morgan fingerprint density at radius 2 is 1.53 bits per heavy atom. The third-order valence-electron chi connectivity index (χ3n) is 3.51. The average molecular weight is 271 g/mol. The van der Waals surface area contributed by atoms with Crippen LogP contribution in [-0.2, 0) is 0 Å². The van der Waals surface area contributed by atoms with Gasteiger partial charge in [-0.25, -0.2) is 0 Å². The maximum Gasteiger partial charge on any atom is 0.00477 e. The fraction of sp³-hybridized carbons (Fsp3) is 1.00. The van der Waals surface area contributed by atoms with Crippen LogP contribution in [0.3, 0.4) is 0 Å².